The van der Waals surface area contributed by atoms with Crippen LogP contribution in [0, 0.1) is 0 Å². The summed E-state index contributed by atoms with van der Waals surface area (Å²) in [4.78, 5) is 10.7. The molecule has 0 spiro atoms. The number of benzene rings is 1. The molecule has 0 aliphatic heterocycles. The second-order valence-electron chi connectivity index (χ2n) is 1.81. The van der Waals surface area contributed by atoms with Crippen molar-refractivity contribution in [3.05, 3.63) is 35.9 Å². The van der Waals surface area contributed by atoms with Gasteiger partial charge in [0.2, 0.25) is 0 Å². The fraction of sp³-hybridized carbons (Fsp3) is 0. The van der Waals surface area contributed by atoms with E-state index in [0.29, 0.717) is 5.56 Å². The largest absolute Gasteiger partial charge is 0.288 e. The predicted octanol–water partition coefficient (Wildman–Crippen LogP) is 0.803. The molecule has 0 atom stereocenters. The smallest absolute Gasteiger partial charge is 0.274 e. The molecule has 3 nitrogen and oxygen atoms in total. The van der Waals surface area contributed by atoms with E-state index in [0.717, 1.165) is 0 Å². The molecule has 1 amide bonds. The maximum Gasteiger partial charge on any atom is 0.274 e. The third-order valence-electron chi connectivity index (χ3n) is 1.14. The molecular weight excluding hydrogens is 195 g/mol. The summed E-state index contributed by atoms with van der Waals surface area (Å²) in [6, 6.07) is 8.49. The standard InChI is InChI=1S/C7H7NO2.Zn/c9-7(8-10)6-4-2-1-3-5-6;/h1-5,10H,(H,8,9);. The van der Waals surface area contributed by atoms with Crippen LogP contribution in [0.5, 0.6) is 0 Å². The first-order valence-corrected chi connectivity index (χ1v) is 2.84. The summed E-state index contributed by atoms with van der Waals surface area (Å²) in [7, 11) is 0. The van der Waals surface area contributed by atoms with Crippen molar-refractivity contribution >= 4 is 5.91 Å². The van der Waals surface area contributed by atoms with Crippen LogP contribution in [-0.4, -0.2) is 11.1 Å². The van der Waals surface area contributed by atoms with E-state index >= 15 is 0 Å². The maximum absolute atomic E-state index is 10.7. The number of hydrogen-bond donors (Lipinski definition) is 2. The van der Waals surface area contributed by atoms with E-state index in [4.69, 9.17) is 5.21 Å². The van der Waals surface area contributed by atoms with E-state index in [1.165, 1.54) is 0 Å². The van der Waals surface area contributed by atoms with Crippen LogP contribution in [0.25, 0.3) is 0 Å². The Bertz CT molecular complexity index is 225. The van der Waals surface area contributed by atoms with Crippen LogP contribution in [-0.2, 0) is 19.5 Å². The molecule has 0 saturated heterocycles. The van der Waals surface area contributed by atoms with Crippen molar-refractivity contribution in [3.8, 4) is 0 Å². The van der Waals surface area contributed by atoms with Crippen LogP contribution in [0.3, 0.4) is 0 Å². The quantitative estimate of drug-likeness (QED) is 0.402. The average Bonchev–Trinajstić information content (AvgIpc) is 2.05. The van der Waals surface area contributed by atoms with Gasteiger partial charge in [0, 0.05) is 25.0 Å². The number of amides is 1. The van der Waals surface area contributed by atoms with Crippen molar-refractivity contribution in [1.29, 1.82) is 0 Å². The summed E-state index contributed by atoms with van der Waals surface area (Å²) in [5.74, 6) is -0.486. The Balaban J connectivity index is 0.000001000. The molecule has 54 valence electrons. The number of carbonyl (C=O) groups excluding carboxylic acids is 1. The van der Waals surface area contributed by atoms with E-state index in [1.54, 1.807) is 35.8 Å². The van der Waals surface area contributed by atoms with Gasteiger partial charge in [-0.3, -0.25) is 10.0 Å². The average molecular weight is 203 g/mol. The number of nitrogens with one attached hydrogen (secondary N) is 1. The van der Waals surface area contributed by atoms with Gasteiger partial charge in [-0.2, -0.15) is 0 Å². The van der Waals surface area contributed by atoms with Crippen molar-refractivity contribution in [2.45, 2.75) is 0 Å². The van der Waals surface area contributed by atoms with Gasteiger partial charge in [-0.05, 0) is 12.1 Å². The molecular formula is C7H7NO2Zn. The molecule has 0 bridgehead atoms. The van der Waals surface area contributed by atoms with Crippen molar-refractivity contribution < 1.29 is 29.5 Å². The molecule has 1 aromatic rings. The first-order chi connectivity index (χ1) is 4.84. The molecule has 4 heteroatoms. The van der Waals surface area contributed by atoms with Crippen LogP contribution in [0.1, 0.15) is 10.4 Å². The zero-order valence-corrected chi connectivity index (χ0v) is 8.92. The SMILES string of the molecule is O=C(NO)c1ccccc1.[Zn]. The van der Waals surface area contributed by atoms with Crippen molar-refractivity contribution in [2.24, 2.45) is 0 Å². The Labute approximate surface area is 77.1 Å². The van der Waals surface area contributed by atoms with Crippen LogP contribution >= 0.6 is 0 Å². The second kappa shape index (κ2) is 4.99. The molecule has 11 heavy (non-hydrogen) atoms. The van der Waals surface area contributed by atoms with Crippen LogP contribution in [0.15, 0.2) is 30.3 Å². The summed E-state index contributed by atoms with van der Waals surface area (Å²) in [5.41, 5.74) is 1.99. The van der Waals surface area contributed by atoms with E-state index in [2.05, 4.69) is 0 Å². The summed E-state index contributed by atoms with van der Waals surface area (Å²) in [6.07, 6.45) is 0. The fourth-order valence-corrected chi connectivity index (χ4v) is 0.654. The van der Waals surface area contributed by atoms with Crippen molar-refractivity contribution in [2.75, 3.05) is 0 Å². The zero-order valence-electron chi connectivity index (χ0n) is 5.95. The Morgan fingerprint density at radius 2 is 1.82 bits per heavy atom. The summed E-state index contributed by atoms with van der Waals surface area (Å²) in [6.45, 7) is 0. The van der Waals surface area contributed by atoms with Gasteiger partial charge >= 0.3 is 0 Å². The van der Waals surface area contributed by atoms with E-state index in [1.807, 2.05) is 0 Å². The topological polar surface area (TPSA) is 49.3 Å². The minimum Gasteiger partial charge on any atom is -0.288 e. The minimum atomic E-state index is -0.486. The van der Waals surface area contributed by atoms with Gasteiger partial charge in [-0.15, -0.1) is 0 Å². The number of hydroxylamine groups is 1. The molecule has 1 rings (SSSR count). The number of rotatable bonds is 1. The molecule has 0 aliphatic rings. The normalized spacial score (nSPS) is 8.09. The van der Waals surface area contributed by atoms with Crippen LogP contribution < -0.4 is 5.48 Å². The maximum atomic E-state index is 10.7. The summed E-state index contributed by atoms with van der Waals surface area (Å²) >= 11 is 0. The molecule has 0 saturated carbocycles. The molecule has 0 unspecified atom stereocenters. The molecule has 0 fully saturated rings. The molecule has 0 heterocycles. The summed E-state index contributed by atoms with van der Waals surface area (Å²) in [5, 5.41) is 8.19. The Morgan fingerprint density at radius 1 is 1.27 bits per heavy atom. The number of carbonyl (C=O) groups is 1. The first-order valence-electron chi connectivity index (χ1n) is 2.84. The van der Waals surface area contributed by atoms with Gasteiger partial charge in [-0.25, -0.2) is 5.48 Å². The fourth-order valence-electron chi connectivity index (χ4n) is 0.654. The summed E-state index contributed by atoms with van der Waals surface area (Å²) < 4.78 is 0. The van der Waals surface area contributed by atoms with Gasteiger partial charge in [0.1, 0.15) is 0 Å². The first kappa shape index (κ1) is 10.3. The second-order valence-corrected chi connectivity index (χ2v) is 1.81. The van der Waals surface area contributed by atoms with E-state index in [9.17, 15) is 4.79 Å². The predicted molar refractivity (Wildman–Crippen MR) is 35.7 cm³/mol. The van der Waals surface area contributed by atoms with Gasteiger partial charge in [0.15, 0.2) is 0 Å². The van der Waals surface area contributed by atoms with Crippen molar-refractivity contribution in [1.82, 2.24) is 5.48 Å². The van der Waals surface area contributed by atoms with Gasteiger partial charge in [0.05, 0.1) is 0 Å². The number of hydrogen-bond acceptors (Lipinski definition) is 2. The molecule has 0 radical (unpaired) electrons. The minimum absolute atomic E-state index is 0. The Hall–Kier alpha value is -0.727. The monoisotopic (exact) mass is 201 g/mol. The van der Waals surface area contributed by atoms with Crippen LogP contribution in [0.4, 0.5) is 0 Å². The third-order valence-corrected chi connectivity index (χ3v) is 1.14. The van der Waals surface area contributed by atoms with Crippen LogP contribution in [0.2, 0.25) is 0 Å². The Morgan fingerprint density at radius 3 is 2.27 bits per heavy atom. The molecule has 0 aliphatic carbocycles. The van der Waals surface area contributed by atoms with Crippen molar-refractivity contribution in [3.63, 3.8) is 0 Å². The van der Waals surface area contributed by atoms with Gasteiger partial charge in [0.25, 0.3) is 5.91 Å². The van der Waals surface area contributed by atoms with E-state index in [-0.39, 0.29) is 19.5 Å². The molecule has 0 aromatic heterocycles. The van der Waals surface area contributed by atoms with Gasteiger partial charge in [-0.1, -0.05) is 18.2 Å². The zero-order chi connectivity index (χ0) is 7.40. The molecule has 1 aromatic carbocycles. The van der Waals surface area contributed by atoms with E-state index < -0.39 is 5.91 Å². The molecule has 2 N–H and O–H groups in total. The third kappa shape index (κ3) is 2.78. The Kier molecular flexibility index (Phi) is 4.66. The van der Waals surface area contributed by atoms with Gasteiger partial charge < -0.3 is 0 Å².